The van der Waals surface area contributed by atoms with Crippen molar-refractivity contribution in [1.82, 2.24) is 19.5 Å². The number of rotatable bonds is 4. The van der Waals surface area contributed by atoms with Gasteiger partial charge in [0.1, 0.15) is 16.9 Å². The molecule has 0 saturated carbocycles. The lowest BCUT2D eigenvalue weighted by atomic mass is 10.1. The molecule has 6 nitrogen and oxygen atoms in total. The zero-order valence-electron chi connectivity index (χ0n) is 15.3. The molecule has 3 aromatic rings. The van der Waals surface area contributed by atoms with Crippen LogP contribution in [0.1, 0.15) is 51.6 Å². The van der Waals surface area contributed by atoms with Crippen LogP contribution in [0.15, 0.2) is 18.3 Å². The van der Waals surface area contributed by atoms with Crippen LogP contribution in [0.2, 0.25) is 0 Å². The Labute approximate surface area is 153 Å². The zero-order valence-corrected chi connectivity index (χ0v) is 15.3. The van der Waals surface area contributed by atoms with E-state index >= 15 is 0 Å². The Morgan fingerprint density at radius 2 is 1.85 bits per heavy atom. The Hall–Kier alpha value is -2.68. The minimum Gasteiger partial charge on any atom is -0.383 e. The van der Waals surface area contributed by atoms with E-state index in [9.17, 15) is 18.3 Å². The number of imidazole rings is 1. The standard InChI is InChI=1S/C18H20F3N5O/c1-8(2)26-12-6-9(13-10(15(20)21)7-23-17(22)25-13)5-11(19)14(12)24-16(26)18(3,4)27/h5-8,15,27H,1-4H3,(H2,22,23,25). The average Bonchev–Trinajstić information content (AvgIpc) is 2.95. The Kier molecular flexibility index (Phi) is 4.59. The molecule has 0 amide bonds. The predicted octanol–water partition coefficient (Wildman–Crippen LogP) is 3.96. The van der Waals surface area contributed by atoms with Gasteiger partial charge in [0.15, 0.2) is 5.82 Å². The lowest BCUT2D eigenvalue weighted by Crippen LogP contribution is -2.23. The Morgan fingerprint density at radius 1 is 1.19 bits per heavy atom. The molecule has 3 N–H and O–H groups in total. The molecule has 0 spiro atoms. The number of nitrogens with two attached hydrogens (primary N) is 1. The van der Waals surface area contributed by atoms with Gasteiger partial charge in [0, 0.05) is 17.8 Å². The molecule has 0 unspecified atom stereocenters. The summed E-state index contributed by atoms with van der Waals surface area (Å²) in [5, 5.41) is 10.4. The minimum atomic E-state index is -2.85. The molecule has 0 bridgehead atoms. The topological polar surface area (TPSA) is 89.8 Å². The normalized spacial score (nSPS) is 12.5. The van der Waals surface area contributed by atoms with E-state index in [0.717, 1.165) is 12.3 Å². The van der Waals surface area contributed by atoms with Gasteiger partial charge in [-0.3, -0.25) is 0 Å². The van der Waals surface area contributed by atoms with Gasteiger partial charge in [-0.2, -0.15) is 0 Å². The largest absolute Gasteiger partial charge is 0.383 e. The third-order valence-corrected chi connectivity index (χ3v) is 4.16. The first-order valence-corrected chi connectivity index (χ1v) is 8.36. The Balaban J connectivity index is 2.36. The van der Waals surface area contributed by atoms with Gasteiger partial charge in [-0.05, 0) is 39.8 Å². The molecule has 9 heteroatoms. The number of hydrogen-bond acceptors (Lipinski definition) is 5. The average molecular weight is 379 g/mol. The lowest BCUT2D eigenvalue weighted by Gasteiger charge is -2.21. The van der Waals surface area contributed by atoms with Gasteiger partial charge in [-0.15, -0.1) is 0 Å². The highest BCUT2D eigenvalue weighted by Gasteiger charge is 2.28. The maximum Gasteiger partial charge on any atom is 0.267 e. The number of anilines is 1. The van der Waals surface area contributed by atoms with Crippen molar-refractivity contribution >= 4 is 17.0 Å². The number of aromatic nitrogens is 4. The summed E-state index contributed by atoms with van der Waals surface area (Å²) < 4.78 is 43.2. The van der Waals surface area contributed by atoms with Crippen molar-refractivity contribution in [1.29, 1.82) is 0 Å². The van der Waals surface area contributed by atoms with E-state index < -0.39 is 23.4 Å². The number of benzene rings is 1. The maximum absolute atomic E-state index is 14.8. The second kappa shape index (κ2) is 6.49. The van der Waals surface area contributed by atoms with E-state index in [-0.39, 0.29) is 34.6 Å². The van der Waals surface area contributed by atoms with Crippen LogP contribution in [0.5, 0.6) is 0 Å². The summed E-state index contributed by atoms with van der Waals surface area (Å²) in [6, 6.07) is 2.45. The zero-order chi connectivity index (χ0) is 20.1. The summed E-state index contributed by atoms with van der Waals surface area (Å²) in [6.07, 6.45) is -1.91. The molecule has 0 radical (unpaired) electrons. The van der Waals surface area contributed by atoms with E-state index in [1.165, 1.54) is 6.07 Å². The number of nitrogen functional groups attached to an aromatic ring is 1. The molecule has 2 heterocycles. The SMILES string of the molecule is CC(C)n1c(C(C)(C)O)nc2c(F)cc(-c3nc(N)ncc3C(F)F)cc21. The highest BCUT2D eigenvalue weighted by atomic mass is 19.3. The molecule has 0 atom stereocenters. The maximum atomic E-state index is 14.8. The lowest BCUT2D eigenvalue weighted by molar-refractivity contribution is 0.0641. The third-order valence-electron chi connectivity index (χ3n) is 4.16. The summed E-state index contributed by atoms with van der Waals surface area (Å²) in [5.74, 6) is -0.617. The second-order valence-corrected chi connectivity index (χ2v) is 7.12. The molecule has 0 aliphatic carbocycles. The summed E-state index contributed by atoms with van der Waals surface area (Å²) >= 11 is 0. The van der Waals surface area contributed by atoms with Gasteiger partial charge in [-0.1, -0.05) is 0 Å². The smallest absolute Gasteiger partial charge is 0.267 e. The van der Waals surface area contributed by atoms with E-state index in [1.54, 1.807) is 18.4 Å². The highest BCUT2D eigenvalue weighted by Crippen LogP contribution is 2.35. The number of halogens is 3. The van der Waals surface area contributed by atoms with Crippen LogP contribution < -0.4 is 5.73 Å². The van der Waals surface area contributed by atoms with Crippen molar-refractivity contribution in [3.05, 3.63) is 35.5 Å². The molecule has 3 rings (SSSR count). The number of aliphatic hydroxyl groups is 1. The molecular weight excluding hydrogens is 359 g/mol. The summed E-state index contributed by atoms with van der Waals surface area (Å²) in [6.45, 7) is 6.81. The molecule has 27 heavy (non-hydrogen) atoms. The van der Waals surface area contributed by atoms with Crippen molar-refractivity contribution in [2.75, 3.05) is 5.73 Å². The van der Waals surface area contributed by atoms with Gasteiger partial charge in [0.25, 0.3) is 6.43 Å². The first-order chi connectivity index (χ1) is 12.5. The second-order valence-electron chi connectivity index (χ2n) is 7.12. The Morgan fingerprint density at radius 3 is 2.41 bits per heavy atom. The van der Waals surface area contributed by atoms with Crippen LogP contribution in [0, 0.1) is 5.82 Å². The fourth-order valence-electron chi connectivity index (χ4n) is 3.04. The van der Waals surface area contributed by atoms with Gasteiger partial charge >= 0.3 is 0 Å². The van der Waals surface area contributed by atoms with Crippen LogP contribution in [0.25, 0.3) is 22.3 Å². The van der Waals surface area contributed by atoms with Crippen LogP contribution >= 0.6 is 0 Å². The third kappa shape index (κ3) is 3.34. The molecule has 2 aromatic heterocycles. The number of fused-ring (bicyclic) bond motifs is 1. The minimum absolute atomic E-state index is 0.0465. The van der Waals surface area contributed by atoms with Gasteiger partial charge in [0.05, 0.1) is 16.8 Å². The quantitative estimate of drug-likeness (QED) is 0.716. The van der Waals surface area contributed by atoms with Crippen molar-refractivity contribution in [2.45, 2.75) is 45.8 Å². The van der Waals surface area contributed by atoms with Crippen molar-refractivity contribution in [3.63, 3.8) is 0 Å². The van der Waals surface area contributed by atoms with Gasteiger partial charge in [0.2, 0.25) is 5.95 Å². The van der Waals surface area contributed by atoms with Crippen LogP contribution in [0.4, 0.5) is 19.1 Å². The highest BCUT2D eigenvalue weighted by molar-refractivity contribution is 5.83. The molecule has 1 aromatic carbocycles. The van der Waals surface area contributed by atoms with E-state index in [4.69, 9.17) is 5.73 Å². The summed E-state index contributed by atoms with van der Waals surface area (Å²) in [4.78, 5) is 11.7. The first kappa shape index (κ1) is 19.1. The van der Waals surface area contributed by atoms with Crippen molar-refractivity contribution in [3.8, 4) is 11.3 Å². The monoisotopic (exact) mass is 379 g/mol. The van der Waals surface area contributed by atoms with Crippen LogP contribution in [0.3, 0.4) is 0 Å². The summed E-state index contributed by atoms with van der Waals surface area (Å²) in [5.41, 5.74) is 4.19. The van der Waals surface area contributed by atoms with Gasteiger partial charge in [-0.25, -0.2) is 28.1 Å². The summed E-state index contributed by atoms with van der Waals surface area (Å²) in [7, 11) is 0. The Bertz CT molecular complexity index is 1010. The number of nitrogens with zero attached hydrogens (tertiary/aromatic N) is 4. The fraction of sp³-hybridized carbons (Fsp3) is 0.389. The molecular formula is C18H20F3N5O. The van der Waals surface area contributed by atoms with Gasteiger partial charge < -0.3 is 15.4 Å². The number of hydrogen-bond donors (Lipinski definition) is 2. The first-order valence-electron chi connectivity index (χ1n) is 8.36. The number of alkyl halides is 2. The van der Waals surface area contributed by atoms with E-state index in [2.05, 4.69) is 15.0 Å². The van der Waals surface area contributed by atoms with Crippen molar-refractivity contribution in [2.24, 2.45) is 0 Å². The predicted molar refractivity (Wildman–Crippen MR) is 95.7 cm³/mol. The van der Waals surface area contributed by atoms with Crippen LogP contribution in [-0.2, 0) is 5.60 Å². The molecule has 0 saturated heterocycles. The van der Waals surface area contributed by atoms with Crippen LogP contribution in [-0.4, -0.2) is 24.6 Å². The molecule has 0 fully saturated rings. The fourth-order valence-corrected chi connectivity index (χ4v) is 3.04. The van der Waals surface area contributed by atoms with E-state index in [1.807, 2.05) is 13.8 Å². The molecule has 0 aliphatic heterocycles. The molecule has 0 aliphatic rings. The van der Waals surface area contributed by atoms with Crippen molar-refractivity contribution < 1.29 is 18.3 Å². The van der Waals surface area contributed by atoms with E-state index in [0.29, 0.717) is 5.52 Å². The molecule has 144 valence electrons.